The zero-order valence-electron chi connectivity index (χ0n) is 8.73. The number of halogens is 3. The number of alkyl halides is 1. The average Bonchev–Trinajstić information content (AvgIpc) is 2.16. The molecule has 0 heterocycles. The van der Waals surface area contributed by atoms with Gasteiger partial charge in [-0.2, -0.15) is 0 Å². The highest BCUT2D eigenvalue weighted by atomic mass is 19.2. The largest absolute Gasteiger partial charge is 0.327 e. The van der Waals surface area contributed by atoms with Crippen molar-refractivity contribution >= 4 is 0 Å². The monoisotopic (exact) mass is 217 g/mol. The first-order valence-corrected chi connectivity index (χ1v) is 4.76. The van der Waals surface area contributed by atoms with Gasteiger partial charge in [0.2, 0.25) is 0 Å². The molecule has 1 aromatic rings. The van der Waals surface area contributed by atoms with Gasteiger partial charge in [-0.3, -0.25) is 0 Å². The first-order valence-electron chi connectivity index (χ1n) is 4.76. The molecular formula is C11H14F3N. The van der Waals surface area contributed by atoms with Crippen LogP contribution in [0.5, 0.6) is 0 Å². The van der Waals surface area contributed by atoms with Crippen molar-refractivity contribution in [3.8, 4) is 0 Å². The van der Waals surface area contributed by atoms with E-state index in [2.05, 4.69) is 0 Å². The van der Waals surface area contributed by atoms with Crippen LogP contribution in [-0.4, -0.2) is 6.54 Å². The average molecular weight is 217 g/mol. The molecule has 0 saturated heterocycles. The summed E-state index contributed by atoms with van der Waals surface area (Å²) in [6.45, 7) is 2.89. The van der Waals surface area contributed by atoms with Crippen LogP contribution in [0.25, 0.3) is 0 Å². The summed E-state index contributed by atoms with van der Waals surface area (Å²) in [4.78, 5) is 0. The van der Waals surface area contributed by atoms with Crippen LogP contribution >= 0.6 is 0 Å². The third kappa shape index (κ3) is 2.15. The molecule has 4 heteroatoms. The molecule has 1 rings (SSSR count). The summed E-state index contributed by atoms with van der Waals surface area (Å²) in [6.07, 6.45) is 0. The van der Waals surface area contributed by atoms with Gasteiger partial charge in [0.05, 0.1) is 0 Å². The SMILES string of the molecule is CC(C)C(F)(CN)c1ccc(F)cc1F. The number of rotatable bonds is 3. The van der Waals surface area contributed by atoms with E-state index in [1.165, 1.54) is 0 Å². The van der Waals surface area contributed by atoms with Crippen molar-refractivity contribution in [2.24, 2.45) is 11.7 Å². The maximum atomic E-state index is 14.3. The second-order valence-corrected chi connectivity index (χ2v) is 3.85. The van der Waals surface area contributed by atoms with E-state index in [1.807, 2.05) is 0 Å². The summed E-state index contributed by atoms with van der Waals surface area (Å²) in [5.74, 6) is -2.08. The molecule has 0 fully saturated rings. The minimum atomic E-state index is -1.95. The van der Waals surface area contributed by atoms with E-state index in [4.69, 9.17) is 5.73 Å². The molecule has 1 nitrogen and oxygen atoms in total. The quantitative estimate of drug-likeness (QED) is 0.827. The van der Waals surface area contributed by atoms with Gasteiger partial charge in [0.15, 0.2) is 5.67 Å². The second-order valence-electron chi connectivity index (χ2n) is 3.85. The van der Waals surface area contributed by atoms with Gasteiger partial charge in [0.1, 0.15) is 11.6 Å². The Balaban J connectivity index is 3.24. The molecule has 0 radical (unpaired) electrons. The van der Waals surface area contributed by atoms with Gasteiger partial charge in [-0.15, -0.1) is 0 Å². The van der Waals surface area contributed by atoms with Crippen molar-refractivity contribution in [3.63, 3.8) is 0 Å². The molecule has 0 amide bonds. The maximum absolute atomic E-state index is 14.3. The lowest BCUT2D eigenvalue weighted by Crippen LogP contribution is -2.36. The molecule has 2 N–H and O–H groups in total. The Kier molecular flexibility index (Phi) is 3.39. The Morgan fingerprint density at radius 2 is 1.93 bits per heavy atom. The van der Waals surface area contributed by atoms with Gasteiger partial charge < -0.3 is 5.73 Å². The molecule has 1 unspecified atom stereocenters. The fourth-order valence-electron chi connectivity index (χ4n) is 1.48. The number of hydrogen-bond donors (Lipinski definition) is 1. The van der Waals surface area contributed by atoms with Gasteiger partial charge in [0, 0.05) is 18.2 Å². The Hall–Kier alpha value is -1.03. The standard InChI is InChI=1S/C11H14F3N/c1-7(2)11(14,6-15)9-4-3-8(12)5-10(9)13/h3-5,7H,6,15H2,1-2H3. The van der Waals surface area contributed by atoms with Gasteiger partial charge in [-0.05, 0) is 18.1 Å². The smallest absolute Gasteiger partial charge is 0.153 e. The van der Waals surface area contributed by atoms with Gasteiger partial charge in [-0.1, -0.05) is 13.8 Å². The van der Waals surface area contributed by atoms with Crippen LogP contribution in [0.4, 0.5) is 13.2 Å². The molecule has 0 aliphatic rings. The predicted molar refractivity (Wildman–Crippen MR) is 53.0 cm³/mol. The normalized spacial score (nSPS) is 15.4. The van der Waals surface area contributed by atoms with Crippen LogP contribution in [-0.2, 0) is 5.67 Å². The summed E-state index contributed by atoms with van der Waals surface area (Å²) in [6, 6.07) is 2.81. The molecule has 84 valence electrons. The zero-order valence-corrected chi connectivity index (χ0v) is 8.73. The van der Waals surface area contributed by atoms with Crippen molar-refractivity contribution in [1.82, 2.24) is 0 Å². The van der Waals surface area contributed by atoms with Gasteiger partial charge in [-0.25, -0.2) is 13.2 Å². The first kappa shape index (κ1) is 12.0. The fourth-order valence-corrected chi connectivity index (χ4v) is 1.48. The van der Waals surface area contributed by atoms with Crippen LogP contribution < -0.4 is 5.73 Å². The van der Waals surface area contributed by atoms with E-state index < -0.39 is 23.2 Å². The van der Waals surface area contributed by atoms with E-state index in [1.54, 1.807) is 13.8 Å². The van der Waals surface area contributed by atoms with Crippen LogP contribution in [0.15, 0.2) is 18.2 Å². The second kappa shape index (κ2) is 4.23. The van der Waals surface area contributed by atoms with Crippen LogP contribution in [0.3, 0.4) is 0 Å². The molecule has 0 aliphatic carbocycles. The minimum absolute atomic E-state index is 0.179. The van der Waals surface area contributed by atoms with Crippen molar-refractivity contribution < 1.29 is 13.2 Å². The van der Waals surface area contributed by atoms with Crippen molar-refractivity contribution in [1.29, 1.82) is 0 Å². The Bertz CT molecular complexity index is 352. The van der Waals surface area contributed by atoms with E-state index in [0.29, 0.717) is 6.07 Å². The summed E-state index contributed by atoms with van der Waals surface area (Å²) in [5, 5.41) is 0. The molecule has 0 aromatic heterocycles. The Morgan fingerprint density at radius 3 is 2.33 bits per heavy atom. The molecule has 0 bridgehead atoms. The van der Waals surface area contributed by atoms with Gasteiger partial charge in [0.25, 0.3) is 0 Å². The Morgan fingerprint density at radius 1 is 1.33 bits per heavy atom. The van der Waals surface area contributed by atoms with E-state index in [9.17, 15) is 13.2 Å². The highest BCUT2D eigenvalue weighted by Crippen LogP contribution is 2.34. The number of nitrogens with two attached hydrogens (primary N) is 1. The van der Waals surface area contributed by atoms with Crippen molar-refractivity contribution in [2.45, 2.75) is 19.5 Å². The fraction of sp³-hybridized carbons (Fsp3) is 0.455. The molecule has 0 saturated carbocycles. The van der Waals surface area contributed by atoms with Gasteiger partial charge >= 0.3 is 0 Å². The first-order chi connectivity index (χ1) is 6.91. The molecular weight excluding hydrogens is 203 g/mol. The third-order valence-corrected chi connectivity index (χ3v) is 2.59. The molecule has 0 spiro atoms. The van der Waals surface area contributed by atoms with E-state index in [-0.39, 0.29) is 12.1 Å². The Labute approximate surface area is 87.1 Å². The molecule has 15 heavy (non-hydrogen) atoms. The van der Waals surface area contributed by atoms with Crippen LogP contribution in [0.2, 0.25) is 0 Å². The molecule has 1 aromatic carbocycles. The lowest BCUT2D eigenvalue weighted by molar-refractivity contribution is 0.104. The maximum Gasteiger partial charge on any atom is 0.153 e. The lowest BCUT2D eigenvalue weighted by Gasteiger charge is -2.28. The molecule has 0 aliphatic heterocycles. The van der Waals surface area contributed by atoms with Crippen molar-refractivity contribution in [2.75, 3.05) is 6.54 Å². The summed E-state index contributed by atoms with van der Waals surface area (Å²) >= 11 is 0. The number of hydrogen-bond acceptors (Lipinski definition) is 1. The highest BCUT2D eigenvalue weighted by molar-refractivity contribution is 5.26. The summed E-state index contributed by atoms with van der Waals surface area (Å²) in [5.41, 5.74) is 3.19. The predicted octanol–water partition coefficient (Wildman–Crippen LogP) is 2.74. The van der Waals surface area contributed by atoms with E-state index in [0.717, 1.165) is 12.1 Å². The summed E-state index contributed by atoms with van der Waals surface area (Å²) < 4.78 is 40.3. The highest BCUT2D eigenvalue weighted by Gasteiger charge is 2.36. The zero-order chi connectivity index (χ0) is 11.6. The van der Waals surface area contributed by atoms with Crippen LogP contribution in [0, 0.1) is 17.6 Å². The summed E-state index contributed by atoms with van der Waals surface area (Å²) in [7, 11) is 0. The van der Waals surface area contributed by atoms with Crippen LogP contribution in [0.1, 0.15) is 19.4 Å². The molecule has 1 atom stereocenters. The third-order valence-electron chi connectivity index (χ3n) is 2.59. The topological polar surface area (TPSA) is 26.0 Å². The van der Waals surface area contributed by atoms with Crippen molar-refractivity contribution in [3.05, 3.63) is 35.4 Å². The lowest BCUT2D eigenvalue weighted by atomic mass is 9.85. The minimum Gasteiger partial charge on any atom is -0.327 e. The van der Waals surface area contributed by atoms with E-state index >= 15 is 0 Å². The number of benzene rings is 1.